The molecular formula is C11H8N4O. The minimum Gasteiger partial charge on any atom is -0.386 e. The van der Waals surface area contributed by atoms with Gasteiger partial charge in [0, 0.05) is 11.8 Å². The van der Waals surface area contributed by atoms with Crippen LogP contribution in [0.25, 0.3) is 0 Å². The maximum Gasteiger partial charge on any atom is 0.270 e. The number of amidine groups is 1. The summed E-state index contributed by atoms with van der Waals surface area (Å²) in [5, 5.41) is 18.7. The monoisotopic (exact) mass is 212 g/mol. The molecule has 0 saturated heterocycles. The summed E-state index contributed by atoms with van der Waals surface area (Å²) in [6, 6.07) is 4.12. The van der Waals surface area contributed by atoms with E-state index in [2.05, 4.69) is 11.1 Å². The lowest BCUT2D eigenvalue weighted by Crippen LogP contribution is -2.50. The Morgan fingerprint density at radius 1 is 1.31 bits per heavy atom. The SMILES string of the molecule is N#C[C@]12C(=O)N=C(N)[C@]1(C#N)[C@@H]1C=C[C@@H]2C1. The van der Waals surface area contributed by atoms with Gasteiger partial charge in [-0.05, 0) is 6.42 Å². The number of aliphatic imine (C=N–C) groups is 1. The second-order valence-corrected chi connectivity index (χ2v) is 4.48. The van der Waals surface area contributed by atoms with Crippen molar-refractivity contribution in [3.8, 4) is 12.1 Å². The van der Waals surface area contributed by atoms with Gasteiger partial charge in [-0.15, -0.1) is 0 Å². The van der Waals surface area contributed by atoms with Crippen molar-refractivity contribution in [2.75, 3.05) is 0 Å². The summed E-state index contributed by atoms with van der Waals surface area (Å²) in [6.07, 6.45) is 4.36. The van der Waals surface area contributed by atoms with Crippen LogP contribution in [0.1, 0.15) is 6.42 Å². The maximum absolute atomic E-state index is 11.9. The van der Waals surface area contributed by atoms with Gasteiger partial charge in [-0.25, -0.2) is 0 Å². The van der Waals surface area contributed by atoms with Crippen molar-refractivity contribution in [3.63, 3.8) is 0 Å². The Hall–Kier alpha value is -2.14. The highest BCUT2D eigenvalue weighted by atomic mass is 16.2. The van der Waals surface area contributed by atoms with Crippen molar-refractivity contribution in [2.45, 2.75) is 6.42 Å². The number of nitriles is 2. The number of carbonyl (C=O) groups excluding carboxylic acids is 1. The molecule has 0 aromatic heterocycles. The molecule has 0 unspecified atom stereocenters. The molecule has 1 fully saturated rings. The predicted octanol–water partition coefficient (Wildman–Crippen LogP) is 0.110. The van der Waals surface area contributed by atoms with E-state index in [-0.39, 0.29) is 17.7 Å². The van der Waals surface area contributed by atoms with Crippen LogP contribution < -0.4 is 5.73 Å². The fraction of sp³-hybridized carbons (Fsp3) is 0.455. The Balaban J connectivity index is 2.37. The number of fused-ring (bicyclic) bond motifs is 5. The highest BCUT2D eigenvalue weighted by molar-refractivity contribution is 6.12. The normalized spacial score (nSPS) is 47.4. The molecule has 0 radical (unpaired) electrons. The number of hydrogen-bond donors (Lipinski definition) is 1. The van der Waals surface area contributed by atoms with Crippen LogP contribution in [0.4, 0.5) is 0 Å². The fourth-order valence-electron chi connectivity index (χ4n) is 3.38. The molecule has 78 valence electrons. The van der Waals surface area contributed by atoms with Crippen LogP contribution in [-0.2, 0) is 4.79 Å². The molecule has 2 N–H and O–H groups in total. The van der Waals surface area contributed by atoms with E-state index < -0.39 is 16.7 Å². The third kappa shape index (κ3) is 0.563. The minimum absolute atomic E-state index is 0.0124. The van der Waals surface area contributed by atoms with E-state index in [1.165, 1.54) is 0 Å². The van der Waals surface area contributed by atoms with Crippen molar-refractivity contribution in [2.24, 2.45) is 33.4 Å². The van der Waals surface area contributed by atoms with Gasteiger partial charge in [-0.2, -0.15) is 15.5 Å². The van der Waals surface area contributed by atoms with Gasteiger partial charge < -0.3 is 5.73 Å². The average molecular weight is 212 g/mol. The summed E-state index contributed by atoms with van der Waals surface area (Å²) in [6.45, 7) is 0. The number of nitrogens with zero attached hydrogens (tertiary/aromatic N) is 3. The van der Waals surface area contributed by atoms with Crippen molar-refractivity contribution in [3.05, 3.63) is 12.2 Å². The maximum atomic E-state index is 11.9. The van der Waals surface area contributed by atoms with Crippen LogP contribution in [0.5, 0.6) is 0 Å². The lowest BCUT2D eigenvalue weighted by molar-refractivity contribution is -0.126. The van der Waals surface area contributed by atoms with Crippen LogP contribution in [-0.4, -0.2) is 11.7 Å². The second kappa shape index (κ2) is 2.33. The molecule has 3 aliphatic rings. The quantitative estimate of drug-likeness (QED) is 0.575. The summed E-state index contributed by atoms with van der Waals surface area (Å²) in [5.41, 5.74) is 3.13. The van der Waals surface area contributed by atoms with Gasteiger partial charge >= 0.3 is 0 Å². The van der Waals surface area contributed by atoms with Crippen LogP contribution in [0, 0.1) is 45.3 Å². The molecule has 5 nitrogen and oxygen atoms in total. The third-order valence-electron chi connectivity index (χ3n) is 4.13. The fourth-order valence-corrected chi connectivity index (χ4v) is 3.38. The van der Waals surface area contributed by atoms with Gasteiger partial charge in [0.1, 0.15) is 11.3 Å². The van der Waals surface area contributed by atoms with Gasteiger partial charge in [-0.3, -0.25) is 4.79 Å². The Morgan fingerprint density at radius 2 is 1.88 bits per heavy atom. The molecule has 2 bridgehead atoms. The van der Waals surface area contributed by atoms with E-state index in [1.807, 2.05) is 18.2 Å². The zero-order chi connectivity index (χ0) is 11.6. The number of carbonyl (C=O) groups is 1. The highest BCUT2D eigenvalue weighted by Crippen LogP contribution is 2.66. The molecule has 1 aliphatic heterocycles. The Bertz CT molecular complexity index is 549. The zero-order valence-electron chi connectivity index (χ0n) is 8.34. The Kier molecular flexibility index (Phi) is 1.33. The lowest BCUT2D eigenvalue weighted by Gasteiger charge is -2.34. The molecule has 4 atom stereocenters. The molecule has 1 heterocycles. The van der Waals surface area contributed by atoms with Gasteiger partial charge in [0.05, 0.1) is 12.1 Å². The molecule has 1 saturated carbocycles. The first-order valence-electron chi connectivity index (χ1n) is 5.03. The predicted molar refractivity (Wildman–Crippen MR) is 53.5 cm³/mol. The Morgan fingerprint density at radius 3 is 2.38 bits per heavy atom. The smallest absolute Gasteiger partial charge is 0.270 e. The van der Waals surface area contributed by atoms with Crippen molar-refractivity contribution < 1.29 is 4.79 Å². The minimum atomic E-state index is -1.37. The van der Waals surface area contributed by atoms with Crippen molar-refractivity contribution in [1.82, 2.24) is 0 Å². The van der Waals surface area contributed by atoms with E-state index in [4.69, 9.17) is 5.73 Å². The van der Waals surface area contributed by atoms with Crippen LogP contribution in [0.15, 0.2) is 17.1 Å². The molecule has 0 spiro atoms. The molecule has 1 amide bonds. The summed E-state index contributed by atoms with van der Waals surface area (Å²) in [5.74, 6) is -0.916. The average Bonchev–Trinajstić information content (AvgIpc) is 2.89. The van der Waals surface area contributed by atoms with E-state index in [0.29, 0.717) is 6.42 Å². The topological polar surface area (TPSA) is 103 Å². The van der Waals surface area contributed by atoms with E-state index in [1.54, 1.807) is 0 Å². The summed E-state index contributed by atoms with van der Waals surface area (Å²) >= 11 is 0. The molecule has 2 aliphatic carbocycles. The molecule has 3 rings (SSSR count). The van der Waals surface area contributed by atoms with E-state index >= 15 is 0 Å². The van der Waals surface area contributed by atoms with Crippen LogP contribution in [0.2, 0.25) is 0 Å². The van der Waals surface area contributed by atoms with E-state index in [9.17, 15) is 15.3 Å². The summed E-state index contributed by atoms with van der Waals surface area (Å²) < 4.78 is 0. The summed E-state index contributed by atoms with van der Waals surface area (Å²) in [7, 11) is 0. The Labute approximate surface area is 91.9 Å². The van der Waals surface area contributed by atoms with Gasteiger partial charge in [0.25, 0.3) is 5.91 Å². The largest absolute Gasteiger partial charge is 0.386 e. The number of nitrogens with two attached hydrogens (primary N) is 1. The molecule has 0 aromatic rings. The molecule has 0 aromatic carbocycles. The molecular weight excluding hydrogens is 204 g/mol. The summed E-state index contributed by atoms with van der Waals surface area (Å²) in [4.78, 5) is 15.6. The van der Waals surface area contributed by atoms with Gasteiger partial charge in [0.2, 0.25) is 0 Å². The zero-order valence-corrected chi connectivity index (χ0v) is 8.34. The number of hydrogen-bond acceptors (Lipinski definition) is 4. The van der Waals surface area contributed by atoms with Crippen molar-refractivity contribution >= 4 is 11.7 Å². The lowest BCUT2D eigenvalue weighted by atomic mass is 9.60. The first-order valence-corrected chi connectivity index (χ1v) is 5.03. The highest BCUT2D eigenvalue weighted by Gasteiger charge is 2.76. The third-order valence-corrected chi connectivity index (χ3v) is 4.13. The number of amides is 1. The van der Waals surface area contributed by atoms with Crippen LogP contribution in [0.3, 0.4) is 0 Å². The first kappa shape index (κ1) is 9.11. The van der Waals surface area contributed by atoms with Gasteiger partial charge in [-0.1, -0.05) is 12.2 Å². The molecule has 16 heavy (non-hydrogen) atoms. The molecule has 5 heteroatoms. The second-order valence-electron chi connectivity index (χ2n) is 4.48. The van der Waals surface area contributed by atoms with E-state index in [0.717, 1.165) is 0 Å². The van der Waals surface area contributed by atoms with Crippen molar-refractivity contribution in [1.29, 1.82) is 10.5 Å². The van der Waals surface area contributed by atoms with Gasteiger partial charge in [0.15, 0.2) is 5.41 Å². The number of rotatable bonds is 0. The standard InChI is InChI=1S/C11H8N4O/c12-4-10-6-1-2-7(3-6)11(10,5-13)9(16)15-8(10)14/h1-2,6-7H,3H2,(H2,14,15,16)/t6-,7-,10+,11+/m1/s1. The van der Waals surface area contributed by atoms with Crippen LogP contribution >= 0.6 is 0 Å². The number of allylic oxidation sites excluding steroid dienone is 2. The first-order chi connectivity index (χ1) is 7.63.